The molecule has 0 fully saturated rings. The number of fused-ring (bicyclic) bond motifs is 16. The van der Waals surface area contributed by atoms with Crippen LogP contribution in [0.15, 0.2) is 163 Å². The highest BCUT2D eigenvalue weighted by atomic mass is 35.5. The third-order valence-electron chi connectivity index (χ3n) is 10.6. The van der Waals surface area contributed by atoms with Crippen LogP contribution in [-0.4, -0.2) is 0 Å². The second-order valence-corrected chi connectivity index (χ2v) is 14.0. The molecule has 0 nitrogen and oxygen atoms in total. The zero-order valence-electron chi connectivity index (χ0n) is 24.9. The van der Waals surface area contributed by atoms with Crippen molar-refractivity contribution in [1.29, 1.82) is 0 Å². The van der Waals surface area contributed by atoms with Crippen molar-refractivity contribution in [2.75, 3.05) is 0 Å². The Balaban J connectivity index is 1.40. The predicted molar refractivity (Wildman–Crippen MR) is 195 cm³/mol. The number of thiophene rings is 1. The Morgan fingerprint density at radius 1 is 0.500 bits per heavy atom. The zero-order valence-corrected chi connectivity index (χ0v) is 26.5. The highest BCUT2D eigenvalue weighted by molar-refractivity contribution is 7.25. The summed E-state index contributed by atoms with van der Waals surface area (Å²) in [5.74, 6) is 0. The van der Waals surface area contributed by atoms with Crippen LogP contribution in [0.4, 0.5) is 0 Å². The van der Waals surface area contributed by atoms with Crippen molar-refractivity contribution in [1.82, 2.24) is 0 Å². The first kappa shape index (κ1) is 26.3. The van der Waals surface area contributed by atoms with Crippen LogP contribution in [0.3, 0.4) is 0 Å². The van der Waals surface area contributed by atoms with Crippen LogP contribution in [-0.2, 0) is 10.8 Å². The summed E-state index contributed by atoms with van der Waals surface area (Å²) in [6.07, 6.45) is 6.01. The Labute approximate surface area is 277 Å². The molecule has 0 amide bonds. The lowest BCUT2D eigenvalue weighted by atomic mass is 9.53. The third-order valence-corrected chi connectivity index (χ3v) is 12.2. The van der Waals surface area contributed by atoms with Gasteiger partial charge in [-0.2, -0.15) is 0 Å². The minimum Gasteiger partial charge on any atom is -0.135 e. The number of benzene rings is 6. The van der Waals surface area contributed by atoms with Crippen LogP contribution in [0.1, 0.15) is 44.5 Å². The van der Waals surface area contributed by atoms with Crippen molar-refractivity contribution in [3.63, 3.8) is 0 Å². The van der Waals surface area contributed by atoms with Gasteiger partial charge < -0.3 is 0 Å². The maximum absolute atomic E-state index is 7.92. The number of hydrogen-bond acceptors (Lipinski definition) is 1. The predicted octanol–water partition coefficient (Wildman–Crippen LogP) is 11.8. The molecule has 0 bridgehead atoms. The molecule has 216 valence electrons. The summed E-state index contributed by atoms with van der Waals surface area (Å²) in [6.45, 7) is 4.00. The van der Waals surface area contributed by atoms with Crippen LogP contribution in [0.2, 0.25) is 0 Å². The van der Waals surface area contributed by atoms with Gasteiger partial charge >= 0.3 is 0 Å². The molecular formula is C44H27ClS. The van der Waals surface area contributed by atoms with Gasteiger partial charge in [0.05, 0.1) is 10.8 Å². The molecule has 0 N–H and O–H groups in total. The van der Waals surface area contributed by atoms with Crippen molar-refractivity contribution in [2.45, 2.75) is 10.8 Å². The van der Waals surface area contributed by atoms with E-state index in [2.05, 4.69) is 146 Å². The average Bonchev–Trinajstić information content (AvgIpc) is 3.70. The summed E-state index contributed by atoms with van der Waals surface area (Å²) in [5.41, 5.74) is 12.7. The SMILES string of the molecule is C=C/C=C\C1=C(Cl)C2(c3cc4sc5ccccc5c4cc31)c1ccccc1C1(c3ccccc3-c3ccccc31)c1ccccc12. The molecule has 0 saturated carbocycles. The second kappa shape index (κ2) is 9.30. The lowest BCUT2D eigenvalue weighted by Gasteiger charge is -2.48. The number of allylic oxidation sites excluding steroid dienone is 5. The summed E-state index contributed by atoms with van der Waals surface area (Å²) < 4.78 is 2.58. The van der Waals surface area contributed by atoms with E-state index in [4.69, 9.17) is 11.6 Å². The standard InChI is InChI=1S/C44H27ClS/c1-2-3-14-30-31-25-32-29-17-6-13-24-40(29)46-41(32)26-39(31)44(42(30)45)37-22-11-9-20-35(37)43(36-21-10-12-23-38(36)44)33-18-7-4-15-27(33)28-16-5-8-19-34(28)43/h2-26H,1H2/b14-3-. The molecule has 0 radical (unpaired) electrons. The lowest BCUT2D eigenvalue weighted by molar-refractivity contribution is 0.637. The Bertz CT molecular complexity index is 2430. The van der Waals surface area contributed by atoms with Crippen LogP contribution in [0, 0.1) is 0 Å². The fraction of sp³-hybridized carbons (Fsp3) is 0.0455. The maximum Gasteiger partial charge on any atom is 0.0827 e. The van der Waals surface area contributed by atoms with Gasteiger partial charge in [0.25, 0.3) is 0 Å². The normalized spacial score (nSPS) is 16.2. The first-order chi connectivity index (χ1) is 22.7. The molecule has 7 aromatic rings. The molecule has 3 aliphatic carbocycles. The summed E-state index contributed by atoms with van der Waals surface area (Å²) in [7, 11) is 0. The summed E-state index contributed by atoms with van der Waals surface area (Å²) in [5, 5.41) is 3.41. The number of hydrogen-bond donors (Lipinski definition) is 0. The third kappa shape index (κ3) is 2.97. The monoisotopic (exact) mass is 622 g/mol. The van der Waals surface area contributed by atoms with Crippen LogP contribution in [0.25, 0.3) is 36.9 Å². The van der Waals surface area contributed by atoms with E-state index in [1.54, 1.807) is 0 Å². The smallest absolute Gasteiger partial charge is 0.0827 e. The van der Waals surface area contributed by atoms with E-state index in [1.807, 2.05) is 23.5 Å². The van der Waals surface area contributed by atoms with E-state index in [0.29, 0.717) is 0 Å². The molecule has 10 rings (SSSR count). The van der Waals surface area contributed by atoms with Crippen LogP contribution >= 0.6 is 22.9 Å². The minimum absolute atomic E-state index is 0.468. The van der Waals surface area contributed by atoms with E-state index in [1.165, 1.54) is 75.8 Å². The van der Waals surface area contributed by atoms with Gasteiger partial charge in [-0.15, -0.1) is 11.3 Å². The van der Waals surface area contributed by atoms with Crippen molar-refractivity contribution < 1.29 is 0 Å². The molecule has 46 heavy (non-hydrogen) atoms. The van der Waals surface area contributed by atoms with Crippen molar-refractivity contribution in [2.24, 2.45) is 0 Å². The molecule has 0 unspecified atom stereocenters. The van der Waals surface area contributed by atoms with E-state index < -0.39 is 10.8 Å². The van der Waals surface area contributed by atoms with Gasteiger partial charge in [-0.3, -0.25) is 0 Å². The summed E-state index contributed by atoms with van der Waals surface area (Å²) >= 11 is 9.78. The first-order valence-corrected chi connectivity index (χ1v) is 16.9. The molecule has 3 aliphatic rings. The first-order valence-electron chi connectivity index (χ1n) is 15.8. The minimum atomic E-state index is -0.674. The zero-order chi connectivity index (χ0) is 30.6. The lowest BCUT2D eigenvalue weighted by Crippen LogP contribution is -2.43. The van der Waals surface area contributed by atoms with Crippen LogP contribution in [0.5, 0.6) is 0 Å². The highest BCUT2D eigenvalue weighted by Gasteiger charge is 2.59. The van der Waals surface area contributed by atoms with Gasteiger partial charge in [0.15, 0.2) is 0 Å². The van der Waals surface area contributed by atoms with E-state index in [9.17, 15) is 0 Å². The molecule has 2 heteroatoms. The van der Waals surface area contributed by atoms with Gasteiger partial charge in [0, 0.05) is 25.2 Å². The largest absolute Gasteiger partial charge is 0.135 e. The van der Waals surface area contributed by atoms with E-state index >= 15 is 0 Å². The summed E-state index contributed by atoms with van der Waals surface area (Å²) in [6, 6.07) is 49.7. The molecule has 1 aromatic heterocycles. The quantitative estimate of drug-likeness (QED) is 0.168. The Morgan fingerprint density at radius 2 is 1.02 bits per heavy atom. The topological polar surface area (TPSA) is 0 Å². The Kier molecular flexibility index (Phi) is 5.31. The molecule has 2 spiro atoms. The van der Waals surface area contributed by atoms with Gasteiger partial charge in [-0.1, -0.05) is 152 Å². The number of rotatable bonds is 2. The Morgan fingerprint density at radius 3 is 1.63 bits per heavy atom. The molecular weight excluding hydrogens is 596 g/mol. The van der Waals surface area contributed by atoms with Crippen molar-refractivity contribution in [3.05, 3.63) is 208 Å². The second-order valence-electron chi connectivity index (χ2n) is 12.5. The van der Waals surface area contributed by atoms with Gasteiger partial charge in [0.2, 0.25) is 0 Å². The highest BCUT2D eigenvalue weighted by Crippen LogP contribution is 2.67. The molecule has 0 saturated heterocycles. The van der Waals surface area contributed by atoms with Gasteiger partial charge in [-0.05, 0) is 79.4 Å². The molecule has 6 aromatic carbocycles. The molecule has 0 aliphatic heterocycles. The molecule has 0 atom stereocenters. The van der Waals surface area contributed by atoms with Gasteiger partial charge in [-0.25, -0.2) is 0 Å². The fourth-order valence-corrected chi connectivity index (χ4v) is 10.6. The van der Waals surface area contributed by atoms with E-state index in [-0.39, 0.29) is 0 Å². The van der Waals surface area contributed by atoms with Crippen LogP contribution < -0.4 is 0 Å². The van der Waals surface area contributed by atoms with E-state index in [0.717, 1.165) is 10.6 Å². The summed E-state index contributed by atoms with van der Waals surface area (Å²) in [4.78, 5) is 0. The average molecular weight is 623 g/mol. The van der Waals surface area contributed by atoms with Crippen molar-refractivity contribution >= 4 is 48.7 Å². The number of halogens is 1. The van der Waals surface area contributed by atoms with Gasteiger partial charge in [0.1, 0.15) is 0 Å². The maximum atomic E-state index is 7.92. The fourth-order valence-electron chi connectivity index (χ4n) is 8.98. The van der Waals surface area contributed by atoms with Crippen molar-refractivity contribution in [3.8, 4) is 11.1 Å². The molecule has 1 heterocycles. The Hall–Kier alpha value is -4.95.